The third kappa shape index (κ3) is 2.07. The third-order valence-electron chi connectivity index (χ3n) is 2.42. The summed E-state index contributed by atoms with van der Waals surface area (Å²) in [6.45, 7) is 0.290. The molecule has 0 saturated carbocycles. The van der Waals surface area contributed by atoms with E-state index in [1.165, 1.54) is 0 Å². The molecule has 0 fully saturated rings. The number of ether oxygens (including phenoxy) is 2. The van der Waals surface area contributed by atoms with Gasteiger partial charge in [-0.3, -0.25) is 0 Å². The van der Waals surface area contributed by atoms with Gasteiger partial charge in [0.05, 0.1) is 0 Å². The van der Waals surface area contributed by atoms with Crippen LogP contribution in [0.2, 0.25) is 0 Å². The van der Waals surface area contributed by atoms with Crippen LogP contribution in [0.25, 0.3) is 11.1 Å². The molecule has 0 bridgehead atoms. The van der Waals surface area contributed by atoms with Crippen molar-refractivity contribution in [2.45, 2.75) is 0 Å². The Morgan fingerprint density at radius 1 is 1.00 bits per heavy atom. The quantitative estimate of drug-likeness (QED) is 0.493. The van der Waals surface area contributed by atoms with E-state index in [-0.39, 0.29) is 6.79 Å². The lowest BCUT2D eigenvalue weighted by Gasteiger charge is -2.06. The maximum atomic E-state index is 5.37. The smallest absolute Gasteiger partial charge is 0.231 e. The molecule has 2 heterocycles. The van der Waals surface area contributed by atoms with Gasteiger partial charge in [-0.1, -0.05) is 6.07 Å². The Bertz CT molecular complexity index is 569. The minimum atomic E-state index is 0.290. The van der Waals surface area contributed by atoms with Crippen molar-refractivity contribution in [2.75, 3.05) is 6.79 Å². The Labute approximate surface area is 125 Å². The molecular formula is C11H6I2N2O2. The molecule has 0 N–H and O–H groups in total. The highest BCUT2D eigenvalue weighted by molar-refractivity contribution is 14.1. The third-order valence-corrected chi connectivity index (χ3v) is 4.05. The molecule has 0 spiro atoms. The fraction of sp³-hybridized carbons (Fsp3) is 0.0909. The first kappa shape index (κ1) is 11.5. The standard InChI is InChI=1S/C11H6I2N2O2/c12-10-9(11(13)15-4-14-10)6-1-2-7-8(3-6)17-5-16-7/h1-4H,5H2. The van der Waals surface area contributed by atoms with E-state index in [2.05, 4.69) is 55.1 Å². The lowest BCUT2D eigenvalue weighted by molar-refractivity contribution is 0.174. The number of benzene rings is 1. The average Bonchev–Trinajstić information content (AvgIpc) is 2.76. The Balaban J connectivity index is 2.16. The number of aromatic nitrogens is 2. The molecule has 0 saturated heterocycles. The Morgan fingerprint density at radius 3 is 2.47 bits per heavy atom. The van der Waals surface area contributed by atoms with Crippen molar-refractivity contribution in [1.82, 2.24) is 9.97 Å². The van der Waals surface area contributed by atoms with E-state index in [1.54, 1.807) is 6.33 Å². The average molecular weight is 452 g/mol. The summed E-state index contributed by atoms with van der Waals surface area (Å²) in [5.41, 5.74) is 2.08. The van der Waals surface area contributed by atoms with Gasteiger partial charge in [0.15, 0.2) is 11.5 Å². The Kier molecular flexibility index (Phi) is 3.07. The molecule has 4 nitrogen and oxygen atoms in total. The summed E-state index contributed by atoms with van der Waals surface area (Å²) in [4.78, 5) is 8.42. The van der Waals surface area contributed by atoms with Crippen molar-refractivity contribution in [2.24, 2.45) is 0 Å². The summed E-state index contributed by atoms with van der Waals surface area (Å²) in [5.74, 6) is 1.56. The molecule has 0 amide bonds. The van der Waals surface area contributed by atoms with Crippen LogP contribution in [0, 0.1) is 7.40 Å². The first-order valence-corrected chi connectivity index (χ1v) is 6.97. The second-order valence-corrected chi connectivity index (χ2v) is 5.44. The molecule has 0 atom stereocenters. The van der Waals surface area contributed by atoms with E-state index >= 15 is 0 Å². The van der Waals surface area contributed by atoms with Crippen LogP contribution in [0.5, 0.6) is 11.5 Å². The lowest BCUT2D eigenvalue weighted by Crippen LogP contribution is -1.94. The summed E-state index contributed by atoms with van der Waals surface area (Å²) in [6.07, 6.45) is 1.57. The molecule has 3 rings (SSSR count). The van der Waals surface area contributed by atoms with Gasteiger partial charge in [-0.2, -0.15) is 0 Å². The summed E-state index contributed by atoms with van der Waals surface area (Å²) in [7, 11) is 0. The van der Waals surface area contributed by atoms with Crippen molar-refractivity contribution in [3.8, 4) is 22.6 Å². The molecule has 6 heteroatoms. The molecule has 0 radical (unpaired) electrons. The van der Waals surface area contributed by atoms with Gasteiger partial charge in [-0.25, -0.2) is 9.97 Å². The summed E-state index contributed by atoms with van der Waals surface area (Å²) < 4.78 is 12.5. The van der Waals surface area contributed by atoms with Gasteiger partial charge in [0.25, 0.3) is 0 Å². The van der Waals surface area contributed by atoms with Crippen LogP contribution in [0.4, 0.5) is 0 Å². The van der Waals surface area contributed by atoms with Crippen LogP contribution in [0.1, 0.15) is 0 Å². The predicted molar refractivity (Wildman–Crippen MR) is 79.0 cm³/mol. The molecule has 1 aromatic carbocycles. The van der Waals surface area contributed by atoms with Crippen LogP contribution in [-0.2, 0) is 0 Å². The molecule has 1 aliphatic heterocycles. The largest absolute Gasteiger partial charge is 0.454 e. The highest BCUT2D eigenvalue weighted by Crippen LogP contribution is 2.37. The van der Waals surface area contributed by atoms with Gasteiger partial charge in [-0.15, -0.1) is 0 Å². The van der Waals surface area contributed by atoms with Gasteiger partial charge >= 0.3 is 0 Å². The number of hydrogen-bond acceptors (Lipinski definition) is 4. The lowest BCUT2D eigenvalue weighted by atomic mass is 10.1. The maximum Gasteiger partial charge on any atom is 0.231 e. The normalized spacial score (nSPS) is 12.8. The van der Waals surface area contributed by atoms with Crippen LogP contribution in [-0.4, -0.2) is 16.8 Å². The van der Waals surface area contributed by atoms with E-state index < -0.39 is 0 Å². The Morgan fingerprint density at radius 2 is 1.71 bits per heavy atom. The second-order valence-electron chi connectivity index (χ2n) is 3.40. The fourth-order valence-electron chi connectivity index (χ4n) is 1.63. The van der Waals surface area contributed by atoms with Gasteiger partial charge in [0, 0.05) is 5.56 Å². The highest BCUT2D eigenvalue weighted by Gasteiger charge is 2.16. The molecule has 2 aromatic rings. The van der Waals surface area contributed by atoms with Gasteiger partial charge in [0.2, 0.25) is 6.79 Å². The van der Waals surface area contributed by atoms with Gasteiger partial charge < -0.3 is 9.47 Å². The molecule has 1 aromatic heterocycles. The summed E-state index contributed by atoms with van der Waals surface area (Å²) in [6, 6.07) is 5.87. The van der Waals surface area contributed by atoms with Gasteiger partial charge in [-0.05, 0) is 62.9 Å². The molecule has 86 valence electrons. The van der Waals surface area contributed by atoms with Gasteiger partial charge in [0.1, 0.15) is 13.7 Å². The van der Waals surface area contributed by atoms with E-state index in [0.717, 1.165) is 30.0 Å². The number of rotatable bonds is 1. The van der Waals surface area contributed by atoms with Crippen molar-refractivity contribution in [3.63, 3.8) is 0 Å². The van der Waals surface area contributed by atoms with Crippen LogP contribution < -0.4 is 9.47 Å². The van der Waals surface area contributed by atoms with E-state index in [0.29, 0.717) is 0 Å². The first-order valence-electron chi connectivity index (χ1n) is 4.82. The van der Waals surface area contributed by atoms with Crippen molar-refractivity contribution in [1.29, 1.82) is 0 Å². The van der Waals surface area contributed by atoms with E-state index in [9.17, 15) is 0 Å². The minimum absolute atomic E-state index is 0.290. The molecule has 0 unspecified atom stereocenters. The van der Waals surface area contributed by atoms with Crippen molar-refractivity contribution >= 4 is 45.2 Å². The second kappa shape index (κ2) is 4.56. The number of halogens is 2. The number of fused-ring (bicyclic) bond motifs is 1. The number of hydrogen-bond donors (Lipinski definition) is 0. The molecule has 1 aliphatic rings. The fourth-order valence-corrected chi connectivity index (χ4v) is 3.53. The zero-order chi connectivity index (χ0) is 11.8. The highest BCUT2D eigenvalue weighted by atomic mass is 127. The Hall–Kier alpha value is -0.640. The summed E-state index contributed by atoms with van der Waals surface area (Å²) >= 11 is 4.42. The number of nitrogens with zero attached hydrogens (tertiary/aromatic N) is 2. The molecule has 0 aliphatic carbocycles. The van der Waals surface area contributed by atoms with Crippen LogP contribution in [0.15, 0.2) is 24.5 Å². The maximum absolute atomic E-state index is 5.37. The summed E-state index contributed by atoms with van der Waals surface area (Å²) in [5, 5.41) is 0. The van der Waals surface area contributed by atoms with E-state index in [1.807, 2.05) is 18.2 Å². The van der Waals surface area contributed by atoms with Crippen LogP contribution in [0.3, 0.4) is 0 Å². The predicted octanol–water partition coefficient (Wildman–Crippen LogP) is 3.08. The van der Waals surface area contributed by atoms with Crippen LogP contribution >= 0.6 is 45.2 Å². The molecular weight excluding hydrogens is 446 g/mol. The minimum Gasteiger partial charge on any atom is -0.454 e. The monoisotopic (exact) mass is 452 g/mol. The molecule has 17 heavy (non-hydrogen) atoms. The topological polar surface area (TPSA) is 44.2 Å². The zero-order valence-electron chi connectivity index (χ0n) is 8.48. The van der Waals surface area contributed by atoms with Crippen molar-refractivity contribution < 1.29 is 9.47 Å². The SMILES string of the molecule is Ic1ncnc(I)c1-c1ccc2c(c1)OCO2. The zero-order valence-corrected chi connectivity index (χ0v) is 12.8. The van der Waals surface area contributed by atoms with Crippen molar-refractivity contribution in [3.05, 3.63) is 31.9 Å². The first-order chi connectivity index (χ1) is 8.25. The van der Waals surface area contributed by atoms with E-state index in [4.69, 9.17) is 9.47 Å².